The molecule has 0 saturated heterocycles. The summed E-state index contributed by atoms with van der Waals surface area (Å²) < 4.78 is 16.7. The average Bonchev–Trinajstić information content (AvgIpc) is 3.11. The van der Waals surface area contributed by atoms with Gasteiger partial charge in [-0.25, -0.2) is 4.79 Å². The molecule has 6 heteroatoms. The first-order valence-corrected chi connectivity index (χ1v) is 9.43. The Hall–Kier alpha value is -3.54. The number of carboxylic acids is 1. The van der Waals surface area contributed by atoms with Crippen LogP contribution in [0.3, 0.4) is 0 Å². The maximum absolute atomic E-state index is 12.9. The highest BCUT2D eigenvalue weighted by Crippen LogP contribution is 2.35. The summed E-state index contributed by atoms with van der Waals surface area (Å²) in [6.45, 7) is 2.10. The third kappa shape index (κ3) is 3.87. The van der Waals surface area contributed by atoms with E-state index in [9.17, 15) is 9.59 Å². The number of hydrogen-bond donors (Lipinski definition) is 1. The van der Waals surface area contributed by atoms with Crippen molar-refractivity contribution in [3.63, 3.8) is 0 Å². The minimum atomic E-state index is -1.07. The van der Waals surface area contributed by atoms with Crippen molar-refractivity contribution >= 4 is 28.6 Å². The average molecular weight is 392 g/mol. The van der Waals surface area contributed by atoms with Crippen LogP contribution in [0.4, 0.5) is 0 Å². The van der Waals surface area contributed by atoms with Crippen molar-refractivity contribution in [3.8, 4) is 11.5 Å². The molecule has 29 heavy (non-hydrogen) atoms. The van der Waals surface area contributed by atoms with Crippen LogP contribution >= 0.6 is 0 Å². The summed E-state index contributed by atoms with van der Waals surface area (Å²) in [6.07, 6.45) is 3.37. The van der Waals surface area contributed by atoms with Gasteiger partial charge < -0.3 is 19.0 Å². The van der Waals surface area contributed by atoms with Gasteiger partial charge in [0.05, 0.1) is 12.0 Å². The van der Waals surface area contributed by atoms with E-state index in [0.29, 0.717) is 41.1 Å². The lowest BCUT2D eigenvalue weighted by atomic mass is 10.1. The van der Waals surface area contributed by atoms with Gasteiger partial charge in [0.15, 0.2) is 12.0 Å². The van der Waals surface area contributed by atoms with Crippen molar-refractivity contribution in [1.29, 1.82) is 0 Å². The van der Waals surface area contributed by atoms with E-state index in [1.807, 2.05) is 37.3 Å². The van der Waals surface area contributed by atoms with E-state index in [-0.39, 0.29) is 5.43 Å². The highest BCUT2D eigenvalue weighted by Gasteiger charge is 2.24. The molecule has 1 heterocycles. The van der Waals surface area contributed by atoms with Gasteiger partial charge in [0, 0.05) is 11.6 Å². The highest BCUT2D eigenvalue weighted by molar-refractivity contribution is 5.87. The van der Waals surface area contributed by atoms with Crippen LogP contribution in [0, 0.1) is 0 Å². The molecule has 0 bridgehead atoms. The van der Waals surface area contributed by atoms with Crippen molar-refractivity contribution in [1.82, 2.24) is 0 Å². The van der Waals surface area contributed by atoms with Gasteiger partial charge in [-0.15, -0.1) is 0 Å². The zero-order valence-electron chi connectivity index (χ0n) is 15.9. The Morgan fingerprint density at radius 1 is 1.10 bits per heavy atom. The molecule has 0 aliphatic heterocycles. The molecule has 0 saturated carbocycles. The summed E-state index contributed by atoms with van der Waals surface area (Å²) in [5.41, 5.74) is 2.96. The Kier molecular flexibility index (Phi) is 5.08. The van der Waals surface area contributed by atoms with E-state index in [1.165, 1.54) is 0 Å². The van der Waals surface area contributed by atoms with Crippen molar-refractivity contribution < 1.29 is 23.8 Å². The third-order valence-electron chi connectivity index (χ3n) is 4.79. The van der Waals surface area contributed by atoms with Crippen molar-refractivity contribution in [2.24, 2.45) is 0 Å². The van der Waals surface area contributed by atoms with Gasteiger partial charge in [-0.3, -0.25) is 4.79 Å². The Morgan fingerprint density at radius 3 is 2.59 bits per heavy atom. The Labute approximate surface area is 167 Å². The predicted molar refractivity (Wildman–Crippen MR) is 109 cm³/mol. The fraction of sp³-hybridized carbons (Fsp3) is 0.217. The Balaban J connectivity index is 1.71. The Bertz CT molecular complexity index is 1150. The fourth-order valence-electron chi connectivity index (χ4n) is 3.47. The lowest BCUT2D eigenvalue weighted by Gasteiger charge is -2.07. The van der Waals surface area contributed by atoms with Crippen LogP contribution in [0.5, 0.6) is 11.5 Å². The molecular formula is C23H20O6. The minimum Gasteiger partial charge on any atom is -0.494 e. The van der Waals surface area contributed by atoms with Crippen molar-refractivity contribution in [2.45, 2.75) is 19.8 Å². The van der Waals surface area contributed by atoms with Gasteiger partial charge in [0.2, 0.25) is 0 Å². The molecule has 0 radical (unpaired) electrons. The zero-order valence-corrected chi connectivity index (χ0v) is 15.9. The van der Waals surface area contributed by atoms with Crippen LogP contribution in [0.25, 0.3) is 22.6 Å². The van der Waals surface area contributed by atoms with E-state index in [0.717, 1.165) is 23.3 Å². The molecule has 1 N–H and O–H groups in total. The molecule has 1 aliphatic carbocycles. The van der Waals surface area contributed by atoms with Crippen LogP contribution in [0.1, 0.15) is 30.2 Å². The van der Waals surface area contributed by atoms with Gasteiger partial charge in [0.1, 0.15) is 22.8 Å². The standard InChI is InChI=1S/C23H20O6/c1-2-27-16-6-3-14(4-7-16)11-15-5-9-19-22(26)18-10-8-17(28-13-21(24)25)12-20(18)29-23(15)19/h3-4,6-8,10-12H,2,5,9,13H2,1H3,(H,24,25)/b15-11+. The number of fused-ring (bicyclic) bond motifs is 2. The maximum atomic E-state index is 12.9. The largest absolute Gasteiger partial charge is 0.494 e. The number of allylic oxidation sites excluding steroid dienone is 1. The zero-order chi connectivity index (χ0) is 20.4. The number of rotatable bonds is 6. The maximum Gasteiger partial charge on any atom is 0.341 e. The van der Waals surface area contributed by atoms with Crippen LogP contribution < -0.4 is 14.9 Å². The first kappa shape index (κ1) is 18.8. The first-order valence-electron chi connectivity index (χ1n) is 9.43. The van der Waals surface area contributed by atoms with E-state index in [1.54, 1.807) is 18.2 Å². The summed E-state index contributed by atoms with van der Waals surface area (Å²) in [7, 11) is 0. The normalized spacial score (nSPS) is 14.2. The summed E-state index contributed by atoms with van der Waals surface area (Å²) >= 11 is 0. The molecule has 0 atom stereocenters. The van der Waals surface area contributed by atoms with Gasteiger partial charge in [0.25, 0.3) is 0 Å². The fourth-order valence-corrected chi connectivity index (χ4v) is 3.47. The first-order chi connectivity index (χ1) is 14.0. The molecule has 0 fully saturated rings. The molecule has 1 aromatic heterocycles. The van der Waals surface area contributed by atoms with E-state index < -0.39 is 12.6 Å². The molecule has 0 spiro atoms. The molecule has 148 valence electrons. The molecule has 6 nitrogen and oxygen atoms in total. The minimum absolute atomic E-state index is 0.0545. The van der Waals surface area contributed by atoms with Crippen LogP contribution in [0.2, 0.25) is 0 Å². The van der Waals surface area contributed by atoms with Gasteiger partial charge in [-0.05, 0) is 61.2 Å². The van der Waals surface area contributed by atoms with Crippen LogP contribution in [-0.4, -0.2) is 24.3 Å². The van der Waals surface area contributed by atoms with Gasteiger partial charge >= 0.3 is 5.97 Å². The van der Waals surface area contributed by atoms with Crippen molar-refractivity contribution in [2.75, 3.05) is 13.2 Å². The SMILES string of the molecule is CCOc1ccc(/C=C2\CCc3c2oc2cc(OCC(=O)O)ccc2c3=O)cc1. The summed E-state index contributed by atoms with van der Waals surface area (Å²) in [4.78, 5) is 23.6. The van der Waals surface area contributed by atoms with Gasteiger partial charge in [-0.1, -0.05) is 12.1 Å². The molecule has 0 amide bonds. The number of aliphatic carboxylic acids is 1. The number of carboxylic acid groups (broad SMARTS) is 1. The number of hydrogen-bond acceptors (Lipinski definition) is 5. The lowest BCUT2D eigenvalue weighted by Crippen LogP contribution is -2.10. The van der Waals surface area contributed by atoms with E-state index >= 15 is 0 Å². The summed E-state index contributed by atoms with van der Waals surface area (Å²) in [5.74, 6) is 0.679. The molecule has 4 rings (SSSR count). The second-order valence-electron chi connectivity index (χ2n) is 6.75. The summed E-state index contributed by atoms with van der Waals surface area (Å²) in [6, 6.07) is 12.5. The Morgan fingerprint density at radius 2 is 1.86 bits per heavy atom. The van der Waals surface area contributed by atoms with Gasteiger partial charge in [-0.2, -0.15) is 0 Å². The summed E-state index contributed by atoms with van der Waals surface area (Å²) in [5, 5.41) is 9.23. The second kappa shape index (κ2) is 7.83. The molecular weight excluding hydrogens is 372 g/mol. The topological polar surface area (TPSA) is 86.0 Å². The molecule has 3 aromatic rings. The smallest absolute Gasteiger partial charge is 0.341 e. The van der Waals surface area contributed by atoms with Crippen molar-refractivity contribution in [3.05, 3.63) is 69.6 Å². The number of ether oxygens (including phenoxy) is 2. The van der Waals surface area contributed by atoms with E-state index in [2.05, 4.69) is 0 Å². The molecule has 0 unspecified atom stereocenters. The third-order valence-corrected chi connectivity index (χ3v) is 4.79. The highest BCUT2D eigenvalue weighted by atomic mass is 16.5. The second-order valence-corrected chi connectivity index (χ2v) is 6.75. The quantitative estimate of drug-likeness (QED) is 0.678. The number of carbonyl (C=O) groups is 1. The monoisotopic (exact) mass is 392 g/mol. The lowest BCUT2D eigenvalue weighted by molar-refractivity contribution is -0.139. The molecule has 1 aliphatic rings. The number of benzene rings is 2. The van der Waals surface area contributed by atoms with Crippen LogP contribution in [0.15, 0.2) is 51.7 Å². The van der Waals surface area contributed by atoms with E-state index in [4.69, 9.17) is 19.0 Å². The molecule has 2 aromatic carbocycles. The van der Waals surface area contributed by atoms with Crippen LogP contribution in [-0.2, 0) is 11.2 Å². The predicted octanol–water partition coefficient (Wildman–Crippen LogP) is 4.14.